The Balaban J connectivity index is 1.35. The predicted octanol–water partition coefficient (Wildman–Crippen LogP) is 4.29. The molecule has 1 aromatic heterocycles. The Bertz CT molecular complexity index is 1060. The summed E-state index contributed by atoms with van der Waals surface area (Å²) in [6.45, 7) is 9.34. The van der Waals surface area contributed by atoms with E-state index in [-0.39, 0.29) is 54.4 Å². The van der Waals surface area contributed by atoms with Gasteiger partial charge in [-0.15, -0.1) is 0 Å². The molecule has 9 heteroatoms. The van der Waals surface area contributed by atoms with Gasteiger partial charge in [-0.1, -0.05) is 20.3 Å². The van der Waals surface area contributed by atoms with Gasteiger partial charge in [-0.3, -0.25) is 9.78 Å². The predicted molar refractivity (Wildman–Crippen MR) is 138 cm³/mol. The molecular formula is C30H41NO8. The number of rotatable bonds is 7. The summed E-state index contributed by atoms with van der Waals surface area (Å²) >= 11 is 0. The molecule has 1 aromatic rings. The highest BCUT2D eigenvalue weighted by Crippen LogP contribution is 2.70. The number of esters is 2. The van der Waals surface area contributed by atoms with E-state index in [0.29, 0.717) is 25.2 Å². The SMILES string of the molecule is CCO[C@@H]1C[C@@H]2C[C@@H]([C@@]3(C)[C@H](C)C[C@H](OC(=O)c4cccnc4)[C@]4(COC(C)=O)[C@@H]3CCCC43CO3)O[C@@H]2O1. The lowest BCUT2D eigenvalue weighted by molar-refractivity contribution is -0.263. The molecule has 0 bridgehead atoms. The zero-order chi connectivity index (χ0) is 27.4. The first-order valence-corrected chi connectivity index (χ1v) is 14.5. The van der Waals surface area contributed by atoms with Crippen LogP contribution in [0.5, 0.6) is 0 Å². The third-order valence-corrected chi connectivity index (χ3v) is 10.7. The third-order valence-electron chi connectivity index (χ3n) is 10.7. The van der Waals surface area contributed by atoms with Gasteiger partial charge < -0.3 is 28.4 Å². The van der Waals surface area contributed by atoms with E-state index in [0.717, 1.165) is 32.1 Å². The van der Waals surface area contributed by atoms with E-state index in [2.05, 4.69) is 18.8 Å². The van der Waals surface area contributed by atoms with Crippen LogP contribution in [-0.2, 0) is 33.2 Å². The Kier molecular flexibility index (Phi) is 7.01. The van der Waals surface area contributed by atoms with Crippen molar-refractivity contribution in [3.8, 4) is 0 Å². The Morgan fingerprint density at radius 2 is 2.03 bits per heavy atom. The van der Waals surface area contributed by atoms with Gasteiger partial charge in [0, 0.05) is 43.7 Å². The lowest BCUT2D eigenvalue weighted by Gasteiger charge is -2.64. The van der Waals surface area contributed by atoms with Crippen LogP contribution in [0.2, 0.25) is 0 Å². The minimum absolute atomic E-state index is 0.0318. The summed E-state index contributed by atoms with van der Waals surface area (Å²) in [5, 5.41) is 0. The normalized spacial score (nSPS) is 44.5. The molecule has 1 spiro atoms. The minimum Gasteiger partial charge on any atom is -0.465 e. The van der Waals surface area contributed by atoms with E-state index >= 15 is 0 Å². The largest absolute Gasteiger partial charge is 0.465 e. The van der Waals surface area contributed by atoms with Gasteiger partial charge in [0.1, 0.15) is 18.3 Å². The molecule has 3 saturated heterocycles. The molecule has 0 radical (unpaired) electrons. The van der Waals surface area contributed by atoms with Crippen molar-refractivity contribution in [2.45, 2.75) is 96.6 Å². The van der Waals surface area contributed by atoms with Gasteiger partial charge in [-0.25, -0.2) is 4.79 Å². The summed E-state index contributed by atoms with van der Waals surface area (Å²) in [6, 6.07) is 3.44. The lowest BCUT2D eigenvalue weighted by atomic mass is 9.42. The van der Waals surface area contributed by atoms with Crippen LogP contribution in [-0.4, -0.2) is 67.1 Å². The highest BCUT2D eigenvalue weighted by atomic mass is 16.8. The van der Waals surface area contributed by atoms with Gasteiger partial charge in [-0.2, -0.15) is 0 Å². The number of epoxide rings is 1. The first-order valence-electron chi connectivity index (χ1n) is 14.5. The summed E-state index contributed by atoms with van der Waals surface area (Å²) in [4.78, 5) is 29.7. The van der Waals surface area contributed by atoms with Gasteiger partial charge >= 0.3 is 11.9 Å². The molecule has 9 nitrogen and oxygen atoms in total. The molecule has 0 amide bonds. The first-order chi connectivity index (χ1) is 18.7. The van der Waals surface area contributed by atoms with E-state index < -0.39 is 23.1 Å². The van der Waals surface area contributed by atoms with Crippen LogP contribution in [0, 0.1) is 28.6 Å². The molecule has 4 heterocycles. The quantitative estimate of drug-likeness (QED) is 0.368. The summed E-state index contributed by atoms with van der Waals surface area (Å²) in [6.07, 6.45) is 7.31. The third kappa shape index (κ3) is 4.31. The lowest BCUT2D eigenvalue weighted by Crippen LogP contribution is -2.69. The van der Waals surface area contributed by atoms with Crippen LogP contribution in [0.1, 0.15) is 76.6 Å². The molecule has 1 unspecified atom stereocenters. The number of hydrogen-bond acceptors (Lipinski definition) is 9. The monoisotopic (exact) mass is 543 g/mol. The second-order valence-corrected chi connectivity index (χ2v) is 12.4. The Morgan fingerprint density at radius 3 is 2.69 bits per heavy atom. The topological polar surface area (TPSA) is 106 Å². The number of carbonyl (C=O) groups excluding carboxylic acids is 2. The van der Waals surface area contributed by atoms with Gasteiger partial charge in [-0.05, 0) is 56.6 Å². The van der Waals surface area contributed by atoms with Crippen molar-refractivity contribution < 1.29 is 38.0 Å². The molecule has 5 aliphatic rings. The van der Waals surface area contributed by atoms with Crippen molar-refractivity contribution in [3.63, 3.8) is 0 Å². The number of carbonyl (C=O) groups is 2. The summed E-state index contributed by atoms with van der Waals surface area (Å²) in [5.41, 5.74) is -1.01. The fourth-order valence-electron chi connectivity index (χ4n) is 8.55. The molecule has 10 atom stereocenters. The molecule has 2 aliphatic carbocycles. The van der Waals surface area contributed by atoms with Gasteiger partial charge in [0.2, 0.25) is 0 Å². The number of pyridine rings is 1. The van der Waals surface area contributed by atoms with E-state index in [1.807, 2.05) is 6.92 Å². The number of ether oxygens (including phenoxy) is 6. The molecule has 5 fully saturated rings. The van der Waals surface area contributed by atoms with E-state index in [4.69, 9.17) is 28.4 Å². The van der Waals surface area contributed by atoms with Crippen LogP contribution in [0.25, 0.3) is 0 Å². The Labute approximate surface area is 230 Å². The molecule has 0 N–H and O–H groups in total. The highest BCUT2D eigenvalue weighted by Gasteiger charge is 2.76. The summed E-state index contributed by atoms with van der Waals surface area (Å²) < 4.78 is 37.1. The zero-order valence-electron chi connectivity index (χ0n) is 23.4. The van der Waals surface area contributed by atoms with Gasteiger partial charge in [0.15, 0.2) is 12.6 Å². The van der Waals surface area contributed by atoms with Gasteiger partial charge in [0.25, 0.3) is 0 Å². The molecule has 3 aliphatic heterocycles. The smallest absolute Gasteiger partial charge is 0.339 e. The maximum atomic E-state index is 13.4. The highest BCUT2D eigenvalue weighted by molar-refractivity contribution is 5.89. The van der Waals surface area contributed by atoms with E-state index in [9.17, 15) is 9.59 Å². The Hall–Kier alpha value is -2.07. The average molecular weight is 544 g/mol. The average Bonchev–Trinajstić information content (AvgIpc) is 3.42. The van der Waals surface area contributed by atoms with Crippen LogP contribution in [0.15, 0.2) is 24.5 Å². The van der Waals surface area contributed by atoms with Crippen molar-refractivity contribution >= 4 is 11.9 Å². The summed E-state index contributed by atoms with van der Waals surface area (Å²) in [5.74, 6) is -0.227. The van der Waals surface area contributed by atoms with Crippen molar-refractivity contribution in [3.05, 3.63) is 30.1 Å². The molecule has 0 aromatic carbocycles. The molecular weight excluding hydrogens is 502 g/mol. The van der Waals surface area contributed by atoms with Crippen molar-refractivity contribution in [1.29, 1.82) is 0 Å². The Morgan fingerprint density at radius 1 is 1.21 bits per heavy atom. The van der Waals surface area contributed by atoms with Crippen molar-refractivity contribution in [2.75, 3.05) is 19.8 Å². The first kappa shape index (κ1) is 27.1. The molecule has 214 valence electrons. The number of nitrogens with zero attached hydrogens (tertiary/aromatic N) is 1. The fraction of sp³-hybridized carbons (Fsp3) is 0.767. The minimum atomic E-state index is -0.675. The molecule has 2 saturated carbocycles. The van der Waals surface area contributed by atoms with Crippen LogP contribution in [0.4, 0.5) is 0 Å². The second kappa shape index (κ2) is 10.1. The zero-order valence-corrected chi connectivity index (χ0v) is 23.4. The van der Waals surface area contributed by atoms with E-state index in [1.54, 1.807) is 18.3 Å². The maximum absolute atomic E-state index is 13.4. The fourth-order valence-corrected chi connectivity index (χ4v) is 8.55. The number of fused-ring (bicyclic) bond motifs is 3. The molecule has 6 rings (SSSR count). The van der Waals surface area contributed by atoms with Crippen LogP contribution in [0.3, 0.4) is 0 Å². The standard InChI is InChI=1S/C30H41NO8/c1-5-34-25-14-21-13-23(38-27(21)39-25)28(4)18(2)12-24(37-26(33)20-8-7-11-31-15-20)30(17-35-19(3)32)22(28)9-6-10-29(30)16-36-29/h7-8,11,15,18,21-25,27H,5-6,9-10,12-14,16-17H2,1-4H3/t18-,21+,22-,23+,24+,25+,27-,28+,29?,30+/m1/s1. The van der Waals surface area contributed by atoms with Crippen molar-refractivity contribution in [1.82, 2.24) is 4.98 Å². The van der Waals surface area contributed by atoms with Gasteiger partial charge in [0.05, 0.1) is 23.7 Å². The van der Waals surface area contributed by atoms with Crippen LogP contribution < -0.4 is 0 Å². The van der Waals surface area contributed by atoms with Crippen molar-refractivity contribution in [2.24, 2.45) is 28.6 Å². The second-order valence-electron chi connectivity index (χ2n) is 12.4. The molecule has 39 heavy (non-hydrogen) atoms. The van der Waals surface area contributed by atoms with E-state index in [1.165, 1.54) is 13.1 Å². The maximum Gasteiger partial charge on any atom is 0.339 e. The number of aromatic nitrogens is 1. The number of hydrogen-bond donors (Lipinski definition) is 0. The summed E-state index contributed by atoms with van der Waals surface area (Å²) in [7, 11) is 0. The van der Waals surface area contributed by atoms with Crippen LogP contribution >= 0.6 is 0 Å².